The van der Waals surface area contributed by atoms with Crippen LogP contribution >= 0.6 is 0 Å². The van der Waals surface area contributed by atoms with E-state index in [2.05, 4.69) is 5.32 Å². The van der Waals surface area contributed by atoms with Crippen molar-refractivity contribution >= 4 is 17.7 Å². The zero-order chi connectivity index (χ0) is 10.7. The number of imide groups is 1. The molecule has 6 nitrogen and oxygen atoms in total. The maximum atomic E-state index is 11.3. The van der Waals surface area contributed by atoms with E-state index in [0.717, 1.165) is 4.90 Å². The fourth-order valence-electron chi connectivity index (χ4n) is 1.19. The molecule has 1 aliphatic rings. The quantitative estimate of drug-likeness (QED) is 0.530. The Hall–Kier alpha value is -1.90. The number of rotatable bonds is 1. The van der Waals surface area contributed by atoms with Crippen LogP contribution in [0.5, 0.6) is 0 Å². The summed E-state index contributed by atoms with van der Waals surface area (Å²) in [6.45, 7) is 1.35. The highest BCUT2D eigenvalue weighted by Gasteiger charge is 2.32. The number of carbonyl (C=O) groups is 3. The lowest BCUT2D eigenvalue weighted by molar-refractivity contribution is -0.148. The third-order valence-corrected chi connectivity index (χ3v) is 1.97. The first kappa shape index (κ1) is 10.2. The zero-order valence-corrected chi connectivity index (χ0v) is 7.61. The summed E-state index contributed by atoms with van der Waals surface area (Å²) >= 11 is 0. The van der Waals surface area contributed by atoms with Gasteiger partial charge in [-0.25, -0.2) is 0 Å². The highest BCUT2D eigenvalue weighted by molar-refractivity contribution is 6.04. The molecule has 0 aromatic rings. The van der Waals surface area contributed by atoms with Gasteiger partial charge in [-0.1, -0.05) is 0 Å². The smallest absolute Gasteiger partial charge is 0.249 e. The van der Waals surface area contributed by atoms with E-state index in [-0.39, 0.29) is 13.0 Å². The van der Waals surface area contributed by atoms with Crippen molar-refractivity contribution in [3.63, 3.8) is 0 Å². The molecule has 0 spiro atoms. The van der Waals surface area contributed by atoms with Gasteiger partial charge in [-0.15, -0.1) is 0 Å². The standard InChI is InChI=1S/C8H9N3O3/c1-5-8(14)10-6(12)4-11(5)7(13)2-3-9/h5H,2,4H2,1H3,(H,10,12,14). The minimum absolute atomic E-state index is 0.159. The summed E-state index contributed by atoms with van der Waals surface area (Å²) in [7, 11) is 0. The molecule has 0 bridgehead atoms. The summed E-state index contributed by atoms with van der Waals surface area (Å²) in [5, 5.41) is 10.4. The lowest BCUT2D eigenvalue weighted by atomic mass is 10.2. The molecule has 1 atom stereocenters. The predicted octanol–water partition coefficient (Wildman–Crippen LogP) is -1.23. The molecule has 1 unspecified atom stereocenters. The molecule has 0 aromatic heterocycles. The molecule has 1 fully saturated rings. The van der Waals surface area contributed by atoms with Gasteiger partial charge in [0.15, 0.2) is 0 Å². The Balaban J connectivity index is 2.77. The SMILES string of the molecule is CC1C(=O)NC(=O)CN1C(=O)CC#N. The van der Waals surface area contributed by atoms with Crippen LogP contribution in [-0.2, 0) is 14.4 Å². The van der Waals surface area contributed by atoms with E-state index in [1.807, 2.05) is 0 Å². The maximum absolute atomic E-state index is 11.3. The highest BCUT2D eigenvalue weighted by Crippen LogP contribution is 2.06. The molecule has 0 aromatic carbocycles. The number of hydrogen-bond acceptors (Lipinski definition) is 4. The zero-order valence-electron chi connectivity index (χ0n) is 7.61. The van der Waals surface area contributed by atoms with E-state index >= 15 is 0 Å². The molecule has 14 heavy (non-hydrogen) atoms. The van der Waals surface area contributed by atoms with Crippen LogP contribution in [0.4, 0.5) is 0 Å². The van der Waals surface area contributed by atoms with Gasteiger partial charge < -0.3 is 4.90 Å². The van der Waals surface area contributed by atoms with Crippen LogP contribution in [0.1, 0.15) is 13.3 Å². The van der Waals surface area contributed by atoms with Gasteiger partial charge in [-0.2, -0.15) is 5.26 Å². The van der Waals surface area contributed by atoms with Gasteiger partial charge in [0.05, 0.1) is 6.07 Å². The summed E-state index contributed by atoms with van der Waals surface area (Å²) in [6.07, 6.45) is -0.315. The first-order valence-electron chi connectivity index (χ1n) is 4.06. The molecule has 1 heterocycles. The van der Waals surface area contributed by atoms with Crippen LogP contribution in [0.15, 0.2) is 0 Å². The molecule has 74 valence electrons. The number of nitrogens with zero attached hydrogens (tertiary/aromatic N) is 2. The summed E-state index contributed by atoms with van der Waals surface area (Å²) in [5.74, 6) is -1.52. The Kier molecular flexibility index (Phi) is 2.82. The van der Waals surface area contributed by atoms with Gasteiger partial charge in [0, 0.05) is 0 Å². The fourth-order valence-corrected chi connectivity index (χ4v) is 1.19. The van der Waals surface area contributed by atoms with Crippen molar-refractivity contribution in [2.45, 2.75) is 19.4 Å². The average Bonchev–Trinajstić information content (AvgIpc) is 2.11. The lowest BCUT2D eigenvalue weighted by Crippen LogP contribution is -2.58. The van der Waals surface area contributed by atoms with E-state index < -0.39 is 23.8 Å². The van der Waals surface area contributed by atoms with Crippen LogP contribution in [0.3, 0.4) is 0 Å². The number of nitriles is 1. The number of carbonyl (C=O) groups excluding carboxylic acids is 3. The Morgan fingerprint density at radius 3 is 2.93 bits per heavy atom. The van der Waals surface area contributed by atoms with Gasteiger partial charge in [-0.3, -0.25) is 19.7 Å². The van der Waals surface area contributed by atoms with Crippen LogP contribution in [0.25, 0.3) is 0 Å². The molecule has 3 amide bonds. The van der Waals surface area contributed by atoms with Gasteiger partial charge in [-0.05, 0) is 6.92 Å². The lowest BCUT2D eigenvalue weighted by Gasteiger charge is -2.30. The molecule has 1 N–H and O–H groups in total. The number of nitrogens with one attached hydrogen (secondary N) is 1. The molecule has 1 saturated heterocycles. The van der Waals surface area contributed by atoms with Crippen LogP contribution in [0, 0.1) is 11.3 Å². The first-order valence-corrected chi connectivity index (χ1v) is 4.06. The van der Waals surface area contributed by atoms with E-state index in [0.29, 0.717) is 0 Å². The summed E-state index contributed by atoms with van der Waals surface area (Å²) in [5.41, 5.74) is 0. The molecule has 0 radical (unpaired) electrons. The monoisotopic (exact) mass is 195 g/mol. The van der Waals surface area contributed by atoms with E-state index in [9.17, 15) is 14.4 Å². The molecular formula is C8H9N3O3. The second-order valence-corrected chi connectivity index (χ2v) is 2.94. The largest absolute Gasteiger partial charge is 0.321 e. The van der Waals surface area contributed by atoms with Gasteiger partial charge in [0.2, 0.25) is 17.7 Å². The van der Waals surface area contributed by atoms with Crippen molar-refractivity contribution in [3.8, 4) is 6.07 Å². The predicted molar refractivity (Wildman–Crippen MR) is 44.6 cm³/mol. The Morgan fingerprint density at radius 1 is 1.71 bits per heavy atom. The van der Waals surface area contributed by atoms with Crippen molar-refractivity contribution in [2.24, 2.45) is 0 Å². The van der Waals surface area contributed by atoms with E-state index in [1.165, 1.54) is 6.92 Å². The number of hydrogen-bond donors (Lipinski definition) is 1. The van der Waals surface area contributed by atoms with Crippen molar-refractivity contribution in [1.82, 2.24) is 10.2 Å². The van der Waals surface area contributed by atoms with Gasteiger partial charge in [0.25, 0.3) is 0 Å². The second kappa shape index (κ2) is 3.87. The Bertz CT molecular complexity index is 331. The van der Waals surface area contributed by atoms with E-state index in [4.69, 9.17) is 5.26 Å². The second-order valence-electron chi connectivity index (χ2n) is 2.94. The van der Waals surface area contributed by atoms with Crippen molar-refractivity contribution in [2.75, 3.05) is 6.54 Å². The molecule has 1 rings (SSSR count). The first-order chi connectivity index (χ1) is 6.56. The topological polar surface area (TPSA) is 90.3 Å². The number of amides is 3. The maximum Gasteiger partial charge on any atom is 0.249 e. The Labute approximate surface area is 80.5 Å². The number of piperazine rings is 1. The third-order valence-electron chi connectivity index (χ3n) is 1.97. The molecule has 0 saturated carbocycles. The van der Waals surface area contributed by atoms with Crippen LogP contribution in [0.2, 0.25) is 0 Å². The van der Waals surface area contributed by atoms with Crippen molar-refractivity contribution in [3.05, 3.63) is 0 Å². The normalized spacial score (nSPS) is 21.4. The van der Waals surface area contributed by atoms with E-state index in [1.54, 1.807) is 6.07 Å². The van der Waals surface area contributed by atoms with Crippen LogP contribution in [-0.4, -0.2) is 35.2 Å². The molecule has 0 aliphatic carbocycles. The summed E-state index contributed by atoms with van der Waals surface area (Å²) < 4.78 is 0. The minimum atomic E-state index is -0.687. The molecule has 1 aliphatic heterocycles. The van der Waals surface area contributed by atoms with Gasteiger partial charge >= 0.3 is 0 Å². The van der Waals surface area contributed by atoms with Crippen LogP contribution < -0.4 is 5.32 Å². The fraction of sp³-hybridized carbons (Fsp3) is 0.500. The Morgan fingerprint density at radius 2 is 2.36 bits per heavy atom. The van der Waals surface area contributed by atoms with Crippen molar-refractivity contribution in [1.29, 1.82) is 5.26 Å². The summed E-state index contributed by atoms with van der Waals surface area (Å²) in [4.78, 5) is 34.4. The minimum Gasteiger partial charge on any atom is -0.321 e. The summed E-state index contributed by atoms with van der Waals surface area (Å²) in [6, 6.07) is 0.994. The average molecular weight is 195 g/mol. The highest BCUT2D eigenvalue weighted by atomic mass is 16.2. The van der Waals surface area contributed by atoms with Gasteiger partial charge in [0.1, 0.15) is 19.0 Å². The van der Waals surface area contributed by atoms with Crippen molar-refractivity contribution < 1.29 is 14.4 Å². The molecule has 6 heteroatoms. The third kappa shape index (κ3) is 1.88. The molecular weight excluding hydrogens is 186 g/mol.